The molecule has 1 aliphatic heterocycles. The van der Waals surface area contributed by atoms with E-state index in [0.717, 1.165) is 0 Å². The number of hydrogen-bond acceptors (Lipinski definition) is 3. The zero-order valence-corrected chi connectivity index (χ0v) is 14.0. The van der Waals surface area contributed by atoms with Gasteiger partial charge in [0.25, 0.3) is 0 Å². The molecule has 0 aliphatic carbocycles. The second kappa shape index (κ2) is 4.84. The van der Waals surface area contributed by atoms with Gasteiger partial charge in [0, 0.05) is 24.8 Å². The highest BCUT2D eigenvalue weighted by molar-refractivity contribution is 7.89. The van der Waals surface area contributed by atoms with Gasteiger partial charge in [-0.3, -0.25) is 4.68 Å². The monoisotopic (exact) mass is 299 g/mol. The van der Waals surface area contributed by atoms with Crippen molar-refractivity contribution in [1.82, 2.24) is 14.1 Å². The molecule has 6 heteroatoms. The van der Waals surface area contributed by atoms with Crippen molar-refractivity contribution in [3.05, 3.63) is 12.4 Å². The molecule has 114 valence electrons. The van der Waals surface area contributed by atoms with Gasteiger partial charge in [0.05, 0.1) is 6.20 Å². The summed E-state index contributed by atoms with van der Waals surface area (Å²) in [5, 5.41) is 4.14. The quantitative estimate of drug-likeness (QED) is 0.858. The zero-order chi connectivity index (χ0) is 15.3. The Balaban J connectivity index is 2.31. The fourth-order valence-electron chi connectivity index (χ4n) is 3.21. The largest absolute Gasteiger partial charge is 0.269 e. The first-order valence-electron chi connectivity index (χ1n) is 7.13. The molecular formula is C14H25N3O2S. The third kappa shape index (κ3) is 2.39. The van der Waals surface area contributed by atoms with Crippen LogP contribution in [0.25, 0.3) is 0 Å². The highest BCUT2D eigenvalue weighted by Crippen LogP contribution is 2.44. The molecule has 0 spiro atoms. The minimum Gasteiger partial charge on any atom is -0.269 e. The van der Waals surface area contributed by atoms with Crippen LogP contribution in [0.3, 0.4) is 0 Å². The molecule has 1 aromatic rings. The molecule has 20 heavy (non-hydrogen) atoms. The van der Waals surface area contributed by atoms with Crippen LogP contribution >= 0.6 is 0 Å². The van der Waals surface area contributed by atoms with Crippen molar-refractivity contribution in [1.29, 1.82) is 0 Å². The van der Waals surface area contributed by atoms with Crippen molar-refractivity contribution < 1.29 is 8.42 Å². The third-order valence-corrected chi connectivity index (χ3v) is 5.80. The molecule has 5 nitrogen and oxygen atoms in total. The average molecular weight is 299 g/mol. The summed E-state index contributed by atoms with van der Waals surface area (Å²) in [6.45, 7) is 12.9. The van der Waals surface area contributed by atoms with E-state index in [1.54, 1.807) is 15.2 Å². The molecule has 2 heterocycles. The molecule has 0 amide bonds. The van der Waals surface area contributed by atoms with Gasteiger partial charge < -0.3 is 0 Å². The molecule has 0 saturated carbocycles. The standard InChI is InChI=1S/C14H25N3O2S/c1-10(2)13-14(5,6)9-17(13)20(18,19)12-7-15-16(8-12)11(3)4/h7-8,10-11,13H,9H2,1-6H3. The Morgan fingerprint density at radius 3 is 2.30 bits per heavy atom. The van der Waals surface area contributed by atoms with E-state index in [2.05, 4.69) is 32.8 Å². The predicted molar refractivity (Wildman–Crippen MR) is 78.9 cm³/mol. The van der Waals surface area contributed by atoms with Gasteiger partial charge >= 0.3 is 0 Å². The topological polar surface area (TPSA) is 55.2 Å². The van der Waals surface area contributed by atoms with Crippen molar-refractivity contribution in [2.45, 2.75) is 58.5 Å². The van der Waals surface area contributed by atoms with Crippen LogP contribution < -0.4 is 0 Å². The maximum atomic E-state index is 12.7. The van der Waals surface area contributed by atoms with Gasteiger partial charge in [-0.15, -0.1) is 0 Å². The van der Waals surface area contributed by atoms with Crippen LogP contribution in [0.1, 0.15) is 47.6 Å². The number of nitrogens with zero attached hydrogens (tertiary/aromatic N) is 3. The van der Waals surface area contributed by atoms with Gasteiger partial charge in [-0.1, -0.05) is 27.7 Å². The van der Waals surface area contributed by atoms with Crippen molar-refractivity contribution in [3.63, 3.8) is 0 Å². The molecule has 1 unspecified atom stereocenters. The van der Waals surface area contributed by atoms with E-state index in [1.165, 1.54) is 6.20 Å². The van der Waals surface area contributed by atoms with Crippen LogP contribution in [-0.4, -0.2) is 35.1 Å². The van der Waals surface area contributed by atoms with E-state index in [-0.39, 0.29) is 17.5 Å². The molecule has 1 aliphatic rings. The van der Waals surface area contributed by atoms with E-state index in [4.69, 9.17) is 0 Å². The summed E-state index contributed by atoms with van der Waals surface area (Å²) in [5.41, 5.74) is 0.0370. The normalized spacial score (nSPS) is 23.3. The SMILES string of the molecule is CC(C)C1N(S(=O)(=O)c2cnn(C(C)C)c2)CC1(C)C. The molecule has 1 atom stereocenters. The van der Waals surface area contributed by atoms with Gasteiger partial charge in [0.1, 0.15) is 4.90 Å². The van der Waals surface area contributed by atoms with Gasteiger partial charge in [-0.2, -0.15) is 9.40 Å². The van der Waals surface area contributed by atoms with E-state index < -0.39 is 10.0 Å². The molecule has 0 radical (unpaired) electrons. The van der Waals surface area contributed by atoms with Crippen molar-refractivity contribution in [2.75, 3.05) is 6.54 Å². The first-order chi connectivity index (χ1) is 9.07. The van der Waals surface area contributed by atoms with E-state index in [9.17, 15) is 8.42 Å². The second-order valence-electron chi connectivity index (χ2n) is 6.98. The number of sulfonamides is 1. The highest BCUT2D eigenvalue weighted by Gasteiger charge is 2.52. The second-order valence-corrected chi connectivity index (χ2v) is 8.87. The lowest BCUT2D eigenvalue weighted by Crippen LogP contribution is -2.65. The summed E-state index contributed by atoms with van der Waals surface area (Å²) in [7, 11) is -3.43. The molecule has 1 saturated heterocycles. The predicted octanol–water partition coefficient (Wildman–Crippen LogP) is 2.52. The van der Waals surface area contributed by atoms with Crippen LogP contribution in [0.5, 0.6) is 0 Å². The van der Waals surface area contributed by atoms with Crippen molar-refractivity contribution in [3.8, 4) is 0 Å². The van der Waals surface area contributed by atoms with Gasteiger partial charge in [-0.05, 0) is 25.2 Å². The minimum absolute atomic E-state index is 0.0370. The minimum atomic E-state index is -3.43. The van der Waals surface area contributed by atoms with Crippen LogP contribution in [0, 0.1) is 11.3 Å². The Morgan fingerprint density at radius 2 is 1.90 bits per heavy atom. The van der Waals surface area contributed by atoms with E-state index in [0.29, 0.717) is 17.4 Å². The lowest BCUT2D eigenvalue weighted by atomic mass is 9.72. The fourth-order valence-corrected chi connectivity index (χ4v) is 5.23. The molecule has 1 fully saturated rings. The summed E-state index contributed by atoms with van der Waals surface area (Å²) in [4.78, 5) is 0.298. The summed E-state index contributed by atoms with van der Waals surface area (Å²) in [6.07, 6.45) is 3.08. The lowest BCUT2D eigenvalue weighted by Gasteiger charge is -2.55. The van der Waals surface area contributed by atoms with Crippen molar-refractivity contribution in [2.24, 2.45) is 11.3 Å². The average Bonchev–Trinajstić information content (AvgIpc) is 2.74. The maximum Gasteiger partial charge on any atom is 0.246 e. The van der Waals surface area contributed by atoms with Crippen molar-refractivity contribution >= 4 is 10.0 Å². The van der Waals surface area contributed by atoms with Gasteiger partial charge in [0.15, 0.2) is 0 Å². The van der Waals surface area contributed by atoms with Crippen LogP contribution in [0.15, 0.2) is 17.3 Å². The Hall–Kier alpha value is -0.880. The number of hydrogen-bond donors (Lipinski definition) is 0. The molecular weight excluding hydrogens is 274 g/mol. The van der Waals surface area contributed by atoms with Gasteiger partial charge in [-0.25, -0.2) is 8.42 Å². The molecule has 2 rings (SSSR count). The molecule has 0 N–H and O–H groups in total. The Bertz CT molecular complexity index is 587. The molecule has 0 bridgehead atoms. The molecule has 0 aromatic carbocycles. The number of rotatable bonds is 4. The van der Waals surface area contributed by atoms with E-state index >= 15 is 0 Å². The van der Waals surface area contributed by atoms with Gasteiger partial charge in [0.2, 0.25) is 10.0 Å². The van der Waals surface area contributed by atoms with Crippen LogP contribution in [0.4, 0.5) is 0 Å². The summed E-state index contributed by atoms with van der Waals surface area (Å²) < 4.78 is 28.8. The summed E-state index contributed by atoms with van der Waals surface area (Å²) in [5.74, 6) is 0.300. The molecule has 1 aromatic heterocycles. The summed E-state index contributed by atoms with van der Waals surface area (Å²) >= 11 is 0. The number of aromatic nitrogens is 2. The van der Waals surface area contributed by atoms with E-state index in [1.807, 2.05) is 13.8 Å². The Kier molecular flexibility index (Phi) is 3.75. The zero-order valence-electron chi connectivity index (χ0n) is 13.2. The van der Waals surface area contributed by atoms with Crippen LogP contribution in [-0.2, 0) is 10.0 Å². The third-order valence-electron chi connectivity index (χ3n) is 4.02. The Labute approximate surface area is 122 Å². The smallest absolute Gasteiger partial charge is 0.246 e. The Morgan fingerprint density at radius 1 is 1.30 bits per heavy atom. The maximum absolute atomic E-state index is 12.7. The first-order valence-corrected chi connectivity index (χ1v) is 8.57. The highest BCUT2D eigenvalue weighted by atomic mass is 32.2. The lowest BCUT2D eigenvalue weighted by molar-refractivity contribution is -0.00924. The summed E-state index contributed by atoms with van der Waals surface area (Å²) in [6, 6.07) is 0.211. The van der Waals surface area contributed by atoms with Crippen LogP contribution in [0.2, 0.25) is 0 Å². The fraction of sp³-hybridized carbons (Fsp3) is 0.786. The first kappa shape index (κ1) is 15.5.